The van der Waals surface area contributed by atoms with Crippen molar-refractivity contribution in [2.45, 2.75) is 0 Å². The molecule has 12 heavy (non-hydrogen) atoms. The molecule has 0 amide bonds. The van der Waals surface area contributed by atoms with Crippen LogP contribution in [0.2, 0.25) is 5.15 Å². The summed E-state index contributed by atoms with van der Waals surface area (Å²) in [6.07, 6.45) is 3.68. The van der Waals surface area contributed by atoms with Crippen molar-refractivity contribution in [3.63, 3.8) is 0 Å². The van der Waals surface area contributed by atoms with Gasteiger partial charge in [-0.1, -0.05) is 11.6 Å². The van der Waals surface area contributed by atoms with E-state index in [1.165, 1.54) is 6.20 Å². The number of nitrogens with zero attached hydrogens (tertiary/aromatic N) is 2. The number of fused-ring (bicyclic) bond motifs is 1. The normalized spacial score (nSPS) is 10.4. The van der Waals surface area contributed by atoms with Gasteiger partial charge in [0, 0.05) is 6.20 Å². The van der Waals surface area contributed by atoms with Crippen molar-refractivity contribution in [2.75, 3.05) is 0 Å². The molecular formula is C7H4ClN3O. The number of halogens is 1. The molecule has 0 fully saturated rings. The van der Waals surface area contributed by atoms with Crippen LogP contribution in [0.3, 0.4) is 0 Å². The van der Waals surface area contributed by atoms with Gasteiger partial charge in [-0.25, -0.2) is 9.97 Å². The van der Waals surface area contributed by atoms with Crippen molar-refractivity contribution in [3.05, 3.63) is 23.1 Å². The molecule has 2 rings (SSSR count). The summed E-state index contributed by atoms with van der Waals surface area (Å²) in [4.78, 5) is 21.1. The van der Waals surface area contributed by atoms with Crippen LogP contribution in [0.4, 0.5) is 0 Å². The lowest BCUT2D eigenvalue weighted by Crippen LogP contribution is -1.83. The van der Waals surface area contributed by atoms with E-state index >= 15 is 0 Å². The molecule has 2 aromatic rings. The second-order valence-electron chi connectivity index (χ2n) is 2.25. The van der Waals surface area contributed by atoms with Crippen LogP contribution in [0, 0.1) is 0 Å². The van der Waals surface area contributed by atoms with Crippen LogP contribution in [0.1, 0.15) is 10.4 Å². The lowest BCUT2D eigenvalue weighted by atomic mass is 10.3. The predicted molar refractivity (Wildman–Crippen MR) is 44.3 cm³/mol. The van der Waals surface area contributed by atoms with Crippen molar-refractivity contribution in [1.29, 1.82) is 0 Å². The first kappa shape index (κ1) is 7.24. The zero-order chi connectivity index (χ0) is 8.55. The predicted octanol–water partition coefficient (Wildman–Crippen LogP) is 1.42. The molecule has 0 saturated heterocycles. The molecule has 60 valence electrons. The molecule has 2 aromatic heterocycles. The van der Waals surface area contributed by atoms with Gasteiger partial charge in [-0.3, -0.25) is 4.79 Å². The Hall–Kier alpha value is -1.42. The molecule has 5 heteroatoms. The fourth-order valence-corrected chi connectivity index (χ4v) is 1.12. The maximum absolute atomic E-state index is 10.4. The van der Waals surface area contributed by atoms with Crippen molar-refractivity contribution < 1.29 is 4.79 Å². The minimum absolute atomic E-state index is 0.307. The van der Waals surface area contributed by atoms with Gasteiger partial charge in [0.2, 0.25) is 0 Å². The van der Waals surface area contributed by atoms with Crippen LogP contribution in [-0.4, -0.2) is 21.2 Å². The Morgan fingerprint density at radius 1 is 1.58 bits per heavy atom. The molecule has 0 spiro atoms. The first-order valence-corrected chi connectivity index (χ1v) is 3.64. The Kier molecular flexibility index (Phi) is 1.55. The molecule has 0 aliphatic rings. The van der Waals surface area contributed by atoms with Crippen LogP contribution < -0.4 is 0 Å². The molecule has 0 aliphatic heterocycles. The van der Waals surface area contributed by atoms with Crippen molar-refractivity contribution in [3.8, 4) is 0 Å². The Bertz CT molecular complexity index is 437. The number of rotatable bonds is 1. The first-order valence-electron chi connectivity index (χ1n) is 3.26. The van der Waals surface area contributed by atoms with Gasteiger partial charge >= 0.3 is 0 Å². The number of nitrogens with one attached hydrogen (secondary N) is 1. The molecule has 0 aliphatic carbocycles. The lowest BCUT2D eigenvalue weighted by molar-refractivity contribution is 0.112. The third-order valence-electron chi connectivity index (χ3n) is 1.51. The van der Waals surface area contributed by atoms with E-state index in [2.05, 4.69) is 15.0 Å². The number of aromatic nitrogens is 3. The Morgan fingerprint density at radius 3 is 3.17 bits per heavy atom. The highest BCUT2D eigenvalue weighted by Crippen LogP contribution is 2.13. The number of carbonyl (C=O) groups is 1. The summed E-state index contributed by atoms with van der Waals surface area (Å²) in [5.41, 5.74) is 1.58. The Balaban J connectivity index is 2.81. The third kappa shape index (κ3) is 0.967. The smallest absolute Gasteiger partial charge is 0.158 e. The van der Waals surface area contributed by atoms with Gasteiger partial charge in [-0.15, -0.1) is 0 Å². The Labute approximate surface area is 72.6 Å². The maximum Gasteiger partial charge on any atom is 0.158 e. The molecular weight excluding hydrogens is 178 g/mol. The van der Waals surface area contributed by atoms with Gasteiger partial charge in [-0.05, 0) is 0 Å². The van der Waals surface area contributed by atoms with Crippen LogP contribution in [0.15, 0.2) is 12.4 Å². The average Bonchev–Trinajstić information content (AvgIpc) is 2.46. The van der Waals surface area contributed by atoms with Crippen LogP contribution in [0.5, 0.6) is 0 Å². The van der Waals surface area contributed by atoms with Crippen molar-refractivity contribution in [1.82, 2.24) is 15.0 Å². The molecule has 0 saturated carbocycles. The molecule has 0 unspecified atom stereocenters. The zero-order valence-electron chi connectivity index (χ0n) is 5.91. The Morgan fingerprint density at radius 2 is 2.42 bits per heavy atom. The van der Waals surface area contributed by atoms with Gasteiger partial charge < -0.3 is 4.98 Å². The van der Waals surface area contributed by atoms with E-state index < -0.39 is 0 Å². The molecule has 4 nitrogen and oxygen atoms in total. The monoisotopic (exact) mass is 181 g/mol. The molecule has 0 radical (unpaired) electrons. The summed E-state index contributed by atoms with van der Waals surface area (Å²) < 4.78 is 0. The number of aldehydes is 1. The highest BCUT2D eigenvalue weighted by molar-refractivity contribution is 6.29. The number of carbonyl (C=O) groups excluding carboxylic acids is 1. The van der Waals surface area contributed by atoms with Crippen molar-refractivity contribution >= 4 is 29.1 Å². The zero-order valence-corrected chi connectivity index (χ0v) is 6.67. The van der Waals surface area contributed by atoms with E-state index in [1.54, 1.807) is 6.20 Å². The largest absolute Gasteiger partial charge is 0.344 e. The topological polar surface area (TPSA) is 58.6 Å². The van der Waals surface area contributed by atoms with E-state index in [9.17, 15) is 4.79 Å². The molecule has 0 bridgehead atoms. The van der Waals surface area contributed by atoms with Gasteiger partial charge in [-0.2, -0.15) is 0 Å². The van der Waals surface area contributed by atoms with E-state index in [0.717, 1.165) is 6.29 Å². The standard InChI is InChI=1S/C7H4ClN3O/c8-5-2-9-6-4(3-12)1-10-7(6)11-5/h1-3H,(H,10,11). The lowest BCUT2D eigenvalue weighted by Gasteiger charge is -1.88. The van der Waals surface area contributed by atoms with Gasteiger partial charge in [0.15, 0.2) is 11.9 Å². The van der Waals surface area contributed by atoms with E-state index in [4.69, 9.17) is 11.6 Å². The summed E-state index contributed by atoms with van der Waals surface area (Å²) in [6, 6.07) is 0. The summed E-state index contributed by atoms with van der Waals surface area (Å²) >= 11 is 5.59. The second kappa shape index (κ2) is 2.57. The van der Waals surface area contributed by atoms with Crippen LogP contribution in [0.25, 0.3) is 11.2 Å². The SMILES string of the molecule is O=Cc1c[nH]c2nc(Cl)cnc12. The molecule has 0 aromatic carbocycles. The highest BCUT2D eigenvalue weighted by Gasteiger charge is 2.04. The first-order chi connectivity index (χ1) is 5.81. The maximum atomic E-state index is 10.4. The van der Waals surface area contributed by atoms with Crippen molar-refractivity contribution in [2.24, 2.45) is 0 Å². The number of H-pyrrole nitrogens is 1. The van der Waals surface area contributed by atoms with E-state index in [0.29, 0.717) is 21.9 Å². The quantitative estimate of drug-likeness (QED) is 0.677. The molecule has 1 N–H and O–H groups in total. The van der Waals surface area contributed by atoms with Gasteiger partial charge in [0.1, 0.15) is 10.7 Å². The number of hydrogen-bond donors (Lipinski definition) is 1. The summed E-state index contributed by atoms with van der Waals surface area (Å²) in [5.74, 6) is 0. The van der Waals surface area contributed by atoms with Gasteiger partial charge in [0.25, 0.3) is 0 Å². The van der Waals surface area contributed by atoms with Crippen LogP contribution >= 0.6 is 11.6 Å². The highest BCUT2D eigenvalue weighted by atomic mass is 35.5. The van der Waals surface area contributed by atoms with E-state index in [1.807, 2.05) is 0 Å². The van der Waals surface area contributed by atoms with Crippen LogP contribution in [-0.2, 0) is 0 Å². The fourth-order valence-electron chi connectivity index (χ4n) is 0.984. The average molecular weight is 182 g/mol. The number of aromatic amines is 1. The fraction of sp³-hybridized carbons (Fsp3) is 0. The summed E-state index contributed by atoms with van der Waals surface area (Å²) in [6.45, 7) is 0. The molecule has 2 heterocycles. The summed E-state index contributed by atoms with van der Waals surface area (Å²) in [7, 11) is 0. The minimum atomic E-state index is 0.307. The van der Waals surface area contributed by atoms with E-state index in [-0.39, 0.29) is 0 Å². The third-order valence-corrected chi connectivity index (χ3v) is 1.69. The summed E-state index contributed by atoms with van der Waals surface area (Å²) in [5, 5.41) is 0.307. The van der Waals surface area contributed by atoms with Gasteiger partial charge in [0.05, 0.1) is 11.8 Å². The molecule has 0 atom stereocenters. The second-order valence-corrected chi connectivity index (χ2v) is 2.64. The minimum Gasteiger partial charge on any atom is -0.344 e. The number of hydrogen-bond acceptors (Lipinski definition) is 3.